The first kappa shape index (κ1) is 17.7. The summed E-state index contributed by atoms with van der Waals surface area (Å²) < 4.78 is 4.66. The molecule has 1 saturated heterocycles. The van der Waals surface area contributed by atoms with Gasteiger partial charge >= 0.3 is 5.97 Å². The van der Waals surface area contributed by atoms with Crippen LogP contribution in [-0.2, 0) is 19.1 Å². The molecule has 130 valence electrons. The Labute approximate surface area is 137 Å². The highest BCUT2D eigenvalue weighted by atomic mass is 16.5. The number of hydrogen-bond donors (Lipinski definition) is 1. The SMILES string of the molecule is COC(=O)CC1C(=O)NCCN1CC(=O)N(C)C1CCCCC1. The lowest BCUT2D eigenvalue weighted by Gasteiger charge is -2.37. The molecule has 2 amide bonds. The van der Waals surface area contributed by atoms with Crippen LogP contribution >= 0.6 is 0 Å². The van der Waals surface area contributed by atoms with Gasteiger partial charge in [-0.3, -0.25) is 19.3 Å². The first-order valence-corrected chi connectivity index (χ1v) is 8.37. The number of ether oxygens (including phenoxy) is 1. The molecule has 23 heavy (non-hydrogen) atoms. The molecule has 1 aliphatic heterocycles. The minimum Gasteiger partial charge on any atom is -0.469 e. The van der Waals surface area contributed by atoms with E-state index >= 15 is 0 Å². The number of hydrogen-bond acceptors (Lipinski definition) is 5. The molecule has 0 aromatic rings. The molecule has 1 atom stereocenters. The molecule has 2 fully saturated rings. The Hall–Kier alpha value is -1.63. The van der Waals surface area contributed by atoms with Gasteiger partial charge in [-0.15, -0.1) is 0 Å². The predicted octanol–water partition coefficient (Wildman–Crippen LogP) is 0.141. The largest absolute Gasteiger partial charge is 0.469 e. The molecule has 7 nitrogen and oxygen atoms in total. The summed E-state index contributed by atoms with van der Waals surface area (Å²) in [4.78, 5) is 39.7. The number of esters is 1. The van der Waals surface area contributed by atoms with Gasteiger partial charge in [-0.2, -0.15) is 0 Å². The number of rotatable bonds is 5. The molecule has 1 N–H and O–H groups in total. The lowest BCUT2D eigenvalue weighted by Crippen LogP contribution is -2.58. The quantitative estimate of drug-likeness (QED) is 0.728. The second-order valence-electron chi connectivity index (χ2n) is 6.35. The molecule has 1 unspecified atom stereocenters. The van der Waals surface area contributed by atoms with E-state index in [1.807, 2.05) is 11.9 Å². The zero-order chi connectivity index (χ0) is 16.8. The topological polar surface area (TPSA) is 79.0 Å². The van der Waals surface area contributed by atoms with E-state index in [9.17, 15) is 14.4 Å². The molecular formula is C16H27N3O4. The van der Waals surface area contributed by atoms with Gasteiger partial charge in [-0.1, -0.05) is 19.3 Å². The molecule has 7 heteroatoms. The molecule has 1 aliphatic carbocycles. The summed E-state index contributed by atoms with van der Waals surface area (Å²) in [6, 6.07) is -0.325. The van der Waals surface area contributed by atoms with Gasteiger partial charge in [0, 0.05) is 26.2 Å². The van der Waals surface area contributed by atoms with E-state index in [0.717, 1.165) is 12.8 Å². The molecule has 0 spiro atoms. The zero-order valence-corrected chi connectivity index (χ0v) is 14.0. The lowest BCUT2D eigenvalue weighted by atomic mass is 9.94. The Bertz CT molecular complexity index is 449. The van der Waals surface area contributed by atoms with Crippen LogP contribution in [0.4, 0.5) is 0 Å². The minimum absolute atomic E-state index is 0.0152. The molecule has 0 aromatic heterocycles. The average Bonchev–Trinajstić information content (AvgIpc) is 2.57. The van der Waals surface area contributed by atoms with E-state index in [0.29, 0.717) is 19.1 Å². The molecule has 0 bridgehead atoms. The van der Waals surface area contributed by atoms with E-state index in [1.54, 1.807) is 4.90 Å². The summed E-state index contributed by atoms with van der Waals surface area (Å²) in [6.45, 7) is 1.23. The summed E-state index contributed by atoms with van der Waals surface area (Å²) in [7, 11) is 3.15. The smallest absolute Gasteiger partial charge is 0.307 e. The Morgan fingerprint density at radius 1 is 1.30 bits per heavy atom. The number of carbonyl (C=O) groups is 3. The summed E-state index contributed by atoms with van der Waals surface area (Å²) in [5.41, 5.74) is 0. The second-order valence-corrected chi connectivity index (χ2v) is 6.35. The van der Waals surface area contributed by atoms with Crippen LogP contribution in [0.3, 0.4) is 0 Å². The van der Waals surface area contributed by atoms with E-state index in [4.69, 9.17) is 0 Å². The van der Waals surface area contributed by atoms with Crippen molar-refractivity contribution >= 4 is 17.8 Å². The van der Waals surface area contributed by atoms with Gasteiger partial charge in [-0.05, 0) is 12.8 Å². The third-order valence-corrected chi connectivity index (χ3v) is 4.88. The Morgan fingerprint density at radius 2 is 2.00 bits per heavy atom. The summed E-state index contributed by atoms with van der Waals surface area (Å²) in [5.74, 6) is -0.638. The van der Waals surface area contributed by atoms with Crippen LogP contribution < -0.4 is 5.32 Å². The van der Waals surface area contributed by atoms with Crippen molar-refractivity contribution in [2.45, 2.75) is 50.6 Å². The molecule has 1 saturated carbocycles. The minimum atomic E-state index is -0.625. The molecule has 0 radical (unpaired) electrons. The van der Waals surface area contributed by atoms with Crippen molar-refractivity contribution in [3.63, 3.8) is 0 Å². The average molecular weight is 325 g/mol. The molecular weight excluding hydrogens is 298 g/mol. The highest BCUT2D eigenvalue weighted by Crippen LogP contribution is 2.22. The van der Waals surface area contributed by atoms with Crippen LogP contribution in [0.1, 0.15) is 38.5 Å². The standard InChI is InChI=1S/C16H27N3O4/c1-18(12-6-4-3-5-7-12)14(20)11-19-9-8-17-16(22)13(19)10-15(21)23-2/h12-13H,3-11H2,1-2H3,(H,17,22). The molecule has 2 aliphatic rings. The predicted molar refractivity (Wildman–Crippen MR) is 84.6 cm³/mol. The van der Waals surface area contributed by atoms with E-state index in [1.165, 1.54) is 26.4 Å². The van der Waals surface area contributed by atoms with E-state index < -0.39 is 12.0 Å². The monoisotopic (exact) mass is 325 g/mol. The van der Waals surface area contributed by atoms with Crippen molar-refractivity contribution in [2.24, 2.45) is 0 Å². The molecule has 2 rings (SSSR count). The summed E-state index contributed by atoms with van der Waals surface area (Å²) >= 11 is 0. The van der Waals surface area contributed by atoms with Crippen LogP contribution in [0.2, 0.25) is 0 Å². The number of nitrogens with zero attached hydrogens (tertiary/aromatic N) is 2. The van der Waals surface area contributed by atoms with Gasteiger partial charge in [0.2, 0.25) is 11.8 Å². The summed E-state index contributed by atoms with van der Waals surface area (Å²) in [5, 5.41) is 2.74. The van der Waals surface area contributed by atoms with Crippen molar-refractivity contribution < 1.29 is 19.1 Å². The fourth-order valence-corrected chi connectivity index (χ4v) is 3.37. The Kier molecular flexibility index (Phi) is 6.38. The van der Waals surface area contributed by atoms with Gasteiger partial charge in [0.15, 0.2) is 0 Å². The highest BCUT2D eigenvalue weighted by molar-refractivity contribution is 5.88. The van der Waals surface area contributed by atoms with Crippen molar-refractivity contribution in [3.05, 3.63) is 0 Å². The van der Waals surface area contributed by atoms with Crippen molar-refractivity contribution in [3.8, 4) is 0 Å². The number of nitrogens with one attached hydrogen (secondary N) is 1. The van der Waals surface area contributed by atoms with Crippen molar-refractivity contribution in [1.29, 1.82) is 0 Å². The van der Waals surface area contributed by atoms with Gasteiger partial charge in [-0.25, -0.2) is 0 Å². The Balaban J connectivity index is 1.95. The van der Waals surface area contributed by atoms with Crippen LogP contribution in [0, 0.1) is 0 Å². The van der Waals surface area contributed by atoms with Crippen LogP contribution in [0.15, 0.2) is 0 Å². The maximum Gasteiger partial charge on any atom is 0.307 e. The van der Waals surface area contributed by atoms with Gasteiger partial charge < -0.3 is 15.0 Å². The number of likely N-dealkylation sites (N-methyl/N-ethyl adjacent to an activating group) is 1. The summed E-state index contributed by atoms with van der Waals surface area (Å²) in [6.07, 6.45) is 5.65. The van der Waals surface area contributed by atoms with Gasteiger partial charge in [0.25, 0.3) is 0 Å². The zero-order valence-electron chi connectivity index (χ0n) is 14.0. The van der Waals surface area contributed by atoms with E-state index in [-0.39, 0.29) is 24.8 Å². The van der Waals surface area contributed by atoms with Crippen LogP contribution in [-0.4, -0.2) is 73.5 Å². The van der Waals surface area contributed by atoms with Gasteiger partial charge in [0.05, 0.1) is 20.1 Å². The maximum atomic E-state index is 12.6. The van der Waals surface area contributed by atoms with Crippen molar-refractivity contribution in [2.75, 3.05) is 33.8 Å². The number of amides is 2. The fraction of sp³-hybridized carbons (Fsp3) is 0.812. The Morgan fingerprint density at radius 3 is 2.65 bits per heavy atom. The fourth-order valence-electron chi connectivity index (χ4n) is 3.37. The lowest BCUT2D eigenvalue weighted by molar-refractivity contribution is -0.147. The van der Waals surface area contributed by atoms with E-state index in [2.05, 4.69) is 10.1 Å². The third kappa shape index (κ3) is 4.67. The highest BCUT2D eigenvalue weighted by Gasteiger charge is 2.34. The molecule has 1 heterocycles. The number of methoxy groups -OCH3 is 1. The molecule has 0 aromatic carbocycles. The number of carbonyl (C=O) groups excluding carboxylic acids is 3. The normalized spacial score (nSPS) is 23.2. The van der Waals surface area contributed by atoms with Crippen LogP contribution in [0.5, 0.6) is 0 Å². The third-order valence-electron chi connectivity index (χ3n) is 4.88. The first-order chi connectivity index (χ1) is 11.0. The van der Waals surface area contributed by atoms with Gasteiger partial charge in [0.1, 0.15) is 6.04 Å². The second kappa shape index (κ2) is 8.29. The first-order valence-electron chi connectivity index (χ1n) is 8.37. The number of piperazine rings is 1. The maximum absolute atomic E-state index is 12.6. The van der Waals surface area contributed by atoms with Crippen LogP contribution in [0.25, 0.3) is 0 Å². The van der Waals surface area contributed by atoms with Crippen molar-refractivity contribution in [1.82, 2.24) is 15.1 Å².